The number of piperidine rings is 1. The van der Waals surface area contributed by atoms with Crippen LogP contribution in [0.4, 0.5) is 0 Å². The van der Waals surface area contributed by atoms with E-state index >= 15 is 0 Å². The number of hydrogen-bond acceptors (Lipinski definition) is 4. The number of primary amides is 1. The van der Waals surface area contributed by atoms with E-state index in [4.69, 9.17) is 10.5 Å². The minimum atomic E-state index is -0.445. The van der Waals surface area contributed by atoms with Gasteiger partial charge in [0.25, 0.3) is 0 Å². The number of hydrogen-bond donors (Lipinski definition) is 1. The number of aromatic nitrogens is 1. The van der Waals surface area contributed by atoms with Crippen LogP contribution in [0.2, 0.25) is 0 Å². The summed E-state index contributed by atoms with van der Waals surface area (Å²) in [5, 5.41) is 0. The number of pyridine rings is 1. The molecule has 2 aromatic rings. The highest BCUT2D eigenvalue weighted by atomic mass is 16.5. The predicted molar refractivity (Wildman–Crippen MR) is 103 cm³/mol. The van der Waals surface area contributed by atoms with E-state index in [0.29, 0.717) is 17.0 Å². The highest BCUT2D eigenvalue weighted by molar-refractivity contribution is 5.93. The number of nitrogens with zero attached hydrogens (tertiary/aromatic N) is 2. The second-order valence-corrected chi connectivity index (χ2v) is 8.23. The Labute approximate surface area is 159 Å². The number of ether oxygens (including phenoxy) is 1. The lowest BCUT2D eigenvalue weighted by atomic mass is 9.92. The topological polar surface area (TPSA) is 68.5 Å². The molecule has 1 aromatic carbocycles. The van der Waals surface area contributed by atoms with Crippen molar-refractivity contribution in [1.29, 1.82) is 0 Å². The molecule has 5 heteroatoms. The van der Waals surface area contributed by atoms with Crippen molar-refractivity contribution in [2.24, 2.45) is 11.7 Å². The standard InChI is InChI=1S/C22H25N3O2/c23-21(26)17-9-16(11-24-12-17)15-1-3-18(4-2-15)22-10-19(22)13-25(14-22)20-5-7-27-8-6-20/h1-4,9,11-12,19-20H,5-8,10,13-14H2,(H2,23,26)/t19-,22+/m0/s1. The second-order valence-electron chi connectivity index (χ2n) is 8.23. The summed E-state index contributed by atoms with van der Waals surface area (Å²) >= 11 is 0. The number of fused-ring (bicyclic) bond motifs is 1. The van der Waals surface area contributed by atoms with Crippen molar-refractivity contribution in [1.82, 2.24) is 9.88 Å². The zero-order valence-corrected chi connectivity index (χ0v) is 15.4. The highest BCUT2D eigenvalue weighted by Crippen LogP contribution is 2.59. The number of carbonyl (C=O) groups excluding carboxylic acids is 1. The molecule has 3 fully saturated rings. The zero-order valence-electron chi connectivity index (χ0n) is 15.4. The molecule has 1 aliphatic carbocycles. The third kappa shape index (κ3) is 2.95. The largest absolute Gasteiger partial charge is 0.381 e. The minimum absolute atomic E-state index is 0.351. The maximum Gasteiger partial charge on any atom is 0.250 e. The van der Waals surface area contributed by atoms with Gasteiger partial charge in [0.05, 0.1) is 5.56 Å². The average Bonchev–Trinajstić information content (AvgIpc) is 3.30. The predicted octanol–water partition coefficient (Wildman–Crippen LogP) is 2.60. The van der Waals surface area contributed by atoms with Crippen LogP contribution >= 0.6 is 0 Å². The van der Waals surface area contributed by atoms with Gasteiger partial charge in [0.1, 0.15) is 0 Å². The Morgan fingerprint density at radius 1 is 1.15 bits per heavy atom. The molecule has 0 bridgehead atoms. The number of rotatable bonds is 4. The molecule has 140 valence electrons. The smallest absolute Gasteiger partial charge is 0.250 e. The Bertz CT molecular complexity index is 860. The van der Waals surface area contributed by atoms with Crippen molar-refractivity contribution in [3.63, 3.8) is 0 Å². The van der Waals surface area contributed by atoms with Crippen LogP contribution < -0.4 is 5.73 Å². The first-order valence-corrected chi connectivity index (χ1v) is 9.83. The quantitative estimate of drug-likeness (QED) is 0.907. The van der Waals surface area contributed by atoms with E-state index in [1.54, 1.807) is 6.20 Å². The van der Waals surface area contributed by atoms with E-state index in [2.05, 4.69) is 34.1 Å². The van der Waals surface area contributed by atoms with Crippen LogP contribution in [-0.4, -0.2) is 48.1 Å². The molecule has 0 unspecified atom stereocenters. The van der Waals surface area contributed by atoms with E-state index < -0.39 is 5.91 Å². The summed E-state index contributed by atoms with van der Waals surface area (Å²) < 4.78 is 5.52. The zero-order chi connectivity index (χ0) is 18.4. The first-order valence-electron chi connectivity index (χ1n) is 9.83. The maximum atomic E-state index is 11.4. The summed E-state index contributed by atoms with van der Waals surface area (Å²) in [7, 11) is 0. The molecule has 1 aromatic heterocycles. The Balaban J connectivity index is 1.34. The Hall–Kier alpha value is -2.24. The van der Waals surface area contributed by atoms with Crippen LogP contribution in [0.1, 0.15) is 35.2 Å². The first kappa shape index (κ1) is 16.9. The van der Waals surface area contributed by atoms with Crippen molar-refractivity contribution in [3.8, 4) is 11.1 Å². The van der Waals surface area contributed by atoms with Crippen molar-refractivity contribution >= 4 is 5.91 Å². The molecule has 2 saturated heterocycles. The molecule has 2 N–H and O–H groups in total. The molecular formula is C22H25N3O2. The van der Waals surface area contributed by atoms with Crippen molar-refractivity contribution in [2.45, 2.75) is 30.7 Å². The fourth-order valence-electron chi connectivity index (χ4n) is 5.02. The Morgan fingerprint density at radius 3 is 2.67 bits per heavy atom. The van der Waals surface area contributed by atoms with Crippen molar-refractivity contribution in [2.75, 3.05) is 26.3 Å². The van der Waals surface area contributed by atoms with Crippen LogP contribution in [0.5, 0.6) is 0 Å². The molecule has 2 atom stereocenters. The van der Waals surface area contributed by atoms with E-state index in [1.165, 1.54) is 44.1 Å². The molecule has 2 aliphatic heterocycles. The molecule has 0 radical (unpaired) electrons. The molecule has 5 nitrogen and oxygen atoms in total. The molecule has 27 heavy (non-hydrogen) atoms. The molecule has 0 spiro atoms. The van der Waals surface area contributed by atoms with Gasteiger partial charge in [-0.3, -0.25) is 14.7 Å². The second kappa shape index (κ2) is 6.43. The average molecular weight is 363 g/mol. The Morgan fingerprint density at radius 2 is 1.93 bits per heavy atom. The van der Waals surface area contributed by atoms with Gasteiger partial charge in [0.2, 0.25) is 5.91 Å². The van der Waals surface area contributed by atoms with Crippen molar-refractivity contribution < 1.29 is 9.53 Å². The van der Waals surface area contributed by atoms with Crippen LogP contribution in [0.15, 0.2) is 42.7 Å². The lowest BCUT2D eigenvalue weighted by Crippen LogP contribution is -2.40. The van der Waals surface area contributed by atoms with Crippen LogP contribution in [0.3, 0.4) is 0 Å². The molecule has 3 heterocycles. The van der Waals surface area contributed by atoms with Crippen LogP contribution in [-0.2, 0) is 10.2 Å². The maximum absolute atomic E-state index is 11.4. The van der Waals surface area contributed by atoms with Crippen LogP contribution in [0, 0.1) is 5.92 Å². The van der Waals surface area contributed by atoms with Gasteiger partial charge in [-0.05, 0) is 42.4 Å². The summed E-state index contributed by atoms with van der Waals surface area (Å²) in [5.41, 5.74) is 9.62. The van der Waals surface area contributed by atoms with Gasteiger partial charge in [-0.15, -0.1) is 0 Å². The van der Waals surface area contributed by atoms with E-state index in [9.17, 15) is 4.79 Å². The third-order valence-electron chi connectivity index (χ3n) is 6.70. The number of carbonyl (C=O) groups is 1. The van der Waals surface area contributed by atoms with Crippen molar-refractivity contribution in [3.05, 3.63) is 53.9 Å². The first-order chi connectivity index (χ1) is 13.2. The monoisotopic (exact) mass is 363 g/mol. The van der Waals surface area contributed by atoms with Gasteiger partial charge in [0, 0.05) is 55.7 Å². The van der Waals surface area contributed by atoms with Gasteiger partial charge in [-0.1, -0.05) is 24.3 Å². The normalized spacial score (nSPS) is 28.1. The number of amides is 1. The summed E-state index contributed by atoms with van der Waals surface area (Å²) in [6.45, 7) is 4.23. The molecular weight excluding hydrogens is 338 g/mol. The summed E-state index contributed by atoms with van der Waals surface area (Å²) in [5.74, 6) is 0.353. The van der Waals surface area contributed by atoms with E-state index in [0.717, 1.165) is 30.3 Å². The van der Waals surface area contributed by atoms with Gasteiger partial charge in [0.15, 0.2) is 0 Å². The fourth-order valence-corrected chi connectivity index (χ4v) is 5.02. The van der Waals surface area contributed by atoms with E-state index in [-0.39, 0.29) is 0 Å². The summed E-state index contributed by atoms with van der Waals surface area (Å²) in [4.78, 5) is 18.2. The summed E-state index contributed by atoms with van der Waals surface area (Å²) in [6, 6.07) is 11.3. The minimum Gasteiger partial charge on any atom is -0.381 e. The SMILES string of the molecule is NC(=O)c1cncc(-c2ccc([C@]34C[C@H]3CN(C3CCOCC3)C4)cc2)c1. The molecule has 5 rings (SSSR count). The lowest BCUT2D eigenvalue weighted by molar-refractivity contribution is 0.0378. The third-order valence-corrected chi connectivity index (χ3v) is 6.70. The molecule has 1 amide bonds. The fraction of sp³-hybridized carbons (Fsp3) is 0.455. The molecule has 3 aliphatic rings. The van der Waals surface area contributed by atoms with Gasteiger partial charge in [-0.25, -0.2) is 0 Å². The number of likely N-dealkylation sites (tertiary alicyclic amines) is 1. The van der Waals surface area contributed by atoms with E-state index in [1.807, 2.05) is 6.07 Å². The summed E-state index contributed by atoms with van der Waals surface area (Å²) in [6.07, 6.45) is 6.94. The molecule has 1 saturated carbocycles. The Kier molecular flexibility index (Phi) is 4.02. The lowest BCUT2D eigenvalue weighted by Gasteiger charge is -2.33. The number of nitrogens with two attached hydrogens (primary N) is 1. The van der Waals surface area contributed by atoms with Crippen LogP contribution in [0.25, 0.3) is 11.1 Å². The van der Waals surface area contributed by atoms with Gasteiger partial charge in [-0.2, -0.15) is 0 Å². The number of benzene rings is 1. The highest BCUT2D eigenvalue weighted by Gasteiger charge is 2.61. The van der Waals surface area contributed by atoms with Gasteiger partial charge < -0.3 is 10.5 Å². The van der Waals surface area contributed by atoms with Gasteiger partial charge >= 0.3 is 0 Å².